The summed E-state index contributed by atoms with van der Waals surface area (Å²) >= 11 is 0. The highest BCUT2D eigenvalue weighted by Crippen LogP contribution is 2.16. The van der Waals surface area contributed by atoms with Gasteiger partial charge in [-0.25, -0.2) is 0 Å². The standard InChI is InChI=1S/C21H42.6CH4O/c1-2-4-6-8-10-12-14-16-18-20-21-19-17-15-13-11-9-7-5-3-1;6*1-2/h1-21H2;6*2H,1H3. The van der Waals surface area contributed by atoms with Gasteiger partial charge in [-0.1, -0.05) is 135 Å². The molecule has 0 saturated heterocycles. The van der Waals surface area contributed by atoms with Gasteiger partial charge >= 0.3 is 0 Å². The van der Waals surface area contributed by atoms with Crippen LogP contribution in [0, 0.1) is 0 Å². The smallest absolute Gasteiger partial charge is 0.0319 e. The fraction of sp³-hybridized carbons (Fsp3) is 1.00. The average Bonchev–Trinajstić information content (AvgIpc) is 2.93. The van der Waals surface area contributed by atoms with Crippen LogP contribution in [0.25, 0.3) is 0 Å². The van der Waals surface area contributed by atoms with Gasteiger partial charge in [0.1, 0.15) is 0 Å². The summed E-state index contributed by atoms with van der Waals surface area (Å²) in [5.41, 5.74) is 0. The summed E-state index contributed by atoms with van der Waals surface area (Å²) in [6.45, 7) is 0. The van der Waals surface area contributed by atoms with Gasteiger partial charge in [0, 0.05) is 42.7 Å². The topological polar surface area (TPSA) is 121 Å². The molecule has 0 radical (unpaired) electrons. The van der Waals surface area contributed by atoms with Gasteiger partial charge in [-0.05, 0) is 0 Å². The molecule has 0 amide bonds. The predicted molar refractivity (Wildman–Crippen MR) is 146 cm³/mol. The summed E-state index contributed by atoms with van der Waals surface area (Å²) in [6, 6.07) is 0. The normalized spacial score (nSPS) is 16.4. The van der Waals surface area contributed by atoms with Crippen molar-refractivity contribution in [3.63, 3.8) is 0 Å². The van der Waals surface area contributed by atoms with Gasteiger partial charge in [-0.2, -0.15) is 0 Å². The average molecular weight is 487 g/mol. The molecule has 1 fully saturated rings. The first-order chi connectivity index (χ1) is 16.5. The quantitative estimate of drug-likeness (QED) is 0.256. The van der Waals surface area contributed by atoms with E-state index in [-0.39, 0.29) is 0 Å². The predicted octanol–water partition coefficient (Wildman–Crippen LogP) is 5.84. The molecule has 6 N–H and O–H groups in total. The Morgan fingerprint density at radius 3 is 0.212 bits per heavy atom. The highest BCUT2D eigenvalue weighted by molar-refractivity contribution is 4.52. The minimum absolute atomic E-state index is 1.00. The summed E-state index contributed by atoms with van der Waals surface area (Å²) in [6.07, 6.45) is 31.5. The van der Waals surface area contributed by atoms with Crippen molar-refractivity contribution >= 4 is 0 Å². The Labute approximate surface area is 208 Å². The molecule has 0 aromatic rings. The Morgan fingerprint density at radius 1 is 0.152 bits per heavy atom. The lowest BCUT2D eigenvalue weighted by atomic mass is 10.0. The van der Waals surface area contributed by atoms with Crippen molar-refractivity contribution in [1.82, 2.24) is 0 Å². The maximum atomic E-state index is 7.00. The molecule has 33 heavy (non-hydrogen) atoms. The van der Waals surface area contributed by atoms with Crippen LogP contribution in [-0.2, 0) is 0 Å². The maximum absolute atomic E-state index is 7.00. The number of aliphatic hydroxyl groups excluding tert-OH is 6. The molecule has 0 bridgehead atoms. The zero-order chi connectivity index (χ0) is 26.8. The summed E-state index contributed by atoms with van der Waals surface area (Å²) in [5, 5.41) is 42.0. The van der Waals surface area contributed by atoms with E-state index in [0.717, 1.165) is 42.7 Å². The molecule has 0 aromatic heterocycles. The van der Waals surface area contributed by atoms with Crippen LogP contribution in [0.3, 0.4) is 0 Å². The van der Waals surface area contributed by atoms with Crippen LogP contribution in [0.15, 0.2) is 0 Å². The molecular formula is C27H66O6. The van der Waals surface area contributed by atoms with Crippen LogP contribution in [0.5, 0.6) is 0 Å². The van der Waals surface area contributed by atoms with E-state index in [0.29, 0.717) is 0 Å². The largest absolute Gasteiger partial charge is 0.400 e. The molecule has 1 rings (SSSR count). The Bertz CT molecular complexity index is 115. The first-order valence-corrected chi connectivity index (χ1v) is 13.2. The summed E-state index contributed by atoms with van der Waals surface area (Å²) in [7, 11) is 6.00. The van der Waals surface area contributed by atoms with Crippen molar-refractivity contribution in [2.45, 2.75) is 135 Å². The summed E-state index contributed by atoms with van der Waals surface area (Å²) < 4.78 is 0. The Kier molecular flexibility index (Phi) is 97.5. The molecule has 0 heterocycles. The maximum Gasteiger partial charge on any atom is 0.0319 e. The van der Waals surface area contributed by atoms with E-state index < -0.39 is 0 Å². The SMILES string of the molecule is C1CCCCCCCCCCCCCCCCCCCC1.CO.CO.CO.CO.CO.CO. The molecule has 0 aromatic carbocycles. The van der Waals surface area contributed by atoms with E-state index in [1.807, 2.05) is 0 Å². The van der Waals surface area contributed by atoms with E-state index in [1.54, 1.807) is 0 Å². The summed E-state index contributed by atoms with van der Waals surface area (Å²) in [5.74, 6) is 0. The fourth-order valence-corrected chi connectivity index (χ4v) is 3.71. The number of hydrogen-bond acceptors (Lipinski definition) is 6. The fourth-order valence-electron chi connectivity index (χ4n) is 3.71. The van der Waals surface area contributed by atoms with Crippen LogP contribution in [-0.4, -0.2) is 73.3 Å². The first-order valence-electron chi connectivity index (χ1n) is 13.2. The van der Waals surface area contributed by atoms with Gasteiger partial charge in [-0.3, -0.25) is 0 Å². The molecule has 0 aliphatic heterocycles. The number of aliphatic hydroxyl groups is 6. The lowest BCUT2D eigenvalue weighted by Gasteiger charge is -2.03. The van der Waals surface area contributed by atoms with Crippen molar-refractivity contribution in [2.75, 3.05) is 42.7 Å². The van der Waals surface area contributed by atoms with Crippen LogP contribution in [0.1, 0.15) is 135 Å². The van der Waals surface area contributed by atoms with E-state index >= 15 is 0 Å². The van der Waals surface area contributed by atoms with E-state index in [2.05, 4.69) is 0 Å². The highest BCUT2D eigenvalue weighted by atomic mass is 16.2. The van der Waals surface area contributed by atoms with E-state index in [9.17, 15) is 0 Å². The van der Waals surface area contributed by atoms with Gasteiger partial charge in [0.05, 0.1) is 0 Å². The van der Waals surface area contributed by atoms with E-state index in [1.165, 1.54) is 135 Å². The second-order valence-electron chi connectivity index (χ2n) is 7.42. The Hall–Kier alpha value is -0.240. The molecular weight excluding hydrogens is 420 g/mol. The Morgan fingerprint density at radius 2 is 0.182 bits per heavy atom. The summed E-state index contributed by atoms with van der Waals surface area (Å²) in [4.78, 5) is 0. The molecule has 1 aliphatic carbocycles. The van der Waals surface area contributed by atoms with Gasteiger partial charge < -0.3 is 30.6 Å². The van der Waals surface area contributed by atoms with Gasteiger partial charge in [0.2, 0.25) is 0 Å². The van der Waals surface area contributed by atoms with Crippen LogP contribution in [0.2, 0.25) is 0 Å². The van der Waals surface area contributed by atoms with Crippen molar-refractivity contribution in [3.05, 3.63) is 0 Å². The second kappa shape index (κ2) is 69.7. The number of rotatable bonds is 0. The molecule has 0 spiro atoms. The van der Waals surface area contributed by atoms with Gasteiger partial charge in [-0.15, -0.1) is 0 Å². The third-order valence-corrected chi connectivity index (χ3v) is 5.25. The third-order valence-electron chi connectivity index (χ3n) is 5.25. The second-order valence-corrected chi connectivity index (χ2v) is 7.42. The zero-order valence-corrected chi connectivity index (χ0v) is 23.5. The minimum atomic E-state index is 1.00. The molecule has 6 nitrogen and oxygen atoms in total. The van der Waals surface area contributed by atoms with Gasteiger partial charge in [0.15, 0.2) is 0 Å². The van der Waals surface area contributed by atoms with Crippen LogP contribution in [0.4, 0.5) is 0 Å². The van der Waals surface area contributed by atoms with Crippen LogP contribution >= 0.6 is 0 Å². The van der Waals surface area contributed by atoms with Crippen molar-refractivity contribution in [3.8, 4) is 0 Å². The minimum Gasteiger partial charge on any atom is -0.400 e. The van der Waals surface area contributed by atoms with E-state index in [4.69, 9.17) is 30.6 Å². The highest BCUT2D eigenvalue weighted by Gasteiger charge is 1.96. The monoisotopic (exact) mass is 486 g/mol. The molecule has 0 unspecified atom stereocenters. The molecule has 210 valence electrons. The third kappa shape index (κ3) is 65.3. The molecule has 0 atom stereocenters. The molecule has 1 saturated carbocycles. The molecule has 6 heteroatoms. The zero-order valence-electron chi connectivity index (χ0n) is 23.5. The van der Waals surface area contributed by atoms with Crippen LogP contribution < -0.4 is 0 Å². The molecule has 1 aliphatic rings. The van der Waals surface area contributed by atoms with Crippen molar-refractivity contribution in [2.24, 2.45) is 0 Å². The lowest BCUT2D eigenvalue weighted by molar-refractivity contribution is 0.399. The lowest BCUT2D eigenvalue weighted by Crippen LogP contribution is -1.83. The first kappa shape index (κ1) is 46.1. The number of hydrogen-bond donors (Lipinski definition) is 6. The van der Waals surface area contributed by atoms with Crippen molar-refractivity contribution in [1.29, 1.82) is 0 Å². The van der Waals surface area contributed by atoms with Gasteiger partial charge in [0.25, 0.3) is 0 Å². The van der Waals surface area contributed by atoms with Crippen molar-refractivity contribution < 1.29 is 30.6 Å². The Balaban J connectivity index is -0.000000131.